The van der Waals surface area contributed by atoms with Crippen LogP contribution >= 0.6 is 0 Å². The lowest BCUT2D eigenvalue weighted by atomic mass is 10.1. The maximum atomic E-state index is 13.0. The molecule has 0 aliphatic heterocycles. The van der Waals surface area contributed by atoms with Crippen molar-refractivity contribution >= 4 is 5.91 Å². The average molecular weight is 276 g/mol. The zero-order chi connectivity index (χ0) is 14.5. The lowest BCUT2D eigenvalue weighted by molar-refractivity contribution is 0.0947. The number of hydrogen-bond donors (Lipinski definition) is 2. The maximum absolute atomic E-state index is 13.0. The van der Waals surface area contributed by atoms with Gasteiger partial charge in [0.05, 0.1) is 12.7 Å². The molecule has 0 fully saturated rings. The predicted octanol–water partition coefficient (Wildman–Crippen LogP) is 1.86. The quantitative estimate of drug-likeness (QED) is 0.894. The molecule has 20 heavy (non-hydrogen) atoms. The monoisotopic (exact) mass is 276 g/mol. The molecule has 5 nitrogen and oxygen atoms in total. The van der Waals surface area contributed by atoms with Crippen LogP contribution in [0.5, 0.6) is 11.6 Å². The molecule has 0 saturated heterocycles. The van der Waals surface area contributed by atoms with Gasteiger partial charge in [-0.2, -0.15) is 0 Å². The minimum absolute atomic E-state index is 0.105. The second-order valence-corrected chi connectivity index (χ2v) is 4.05. The lowest BCUT2D eigenvalue weighted by Gasteiger charge is -2.07. The molecular weight excluding hydrogens is 263 g/mol. The van der Waals surface area contributed by atoms with Gasteiger partial charge in [-0.15, -0.1) is 0 Å². The number of phenolic OH excluding ortho intramolecular Hbond substituents is 1. The van der Waals surface area contributed by atoms with E-state index in [1.807, 2.05) is 0 Å². The summed E-state index contributed by atoms with van der Waals surface area (Å²) in [5.41, 5.74) is 0.654. The molecule has 1 heterocycles. The van der Waals surface area contributed by atoms with Crippen molar-refractivity contribution in [1.29, 1.82) is 0 Å². The summed E-state index contributed by atoms with van der Waals surface area (Å²) >= 11 is 0. The van der Waals surface area contributed by atoms with Gasteiger partial charge in [-0.05, 0) is 23.8 Å². The zero-order valence-electron chi connectivity index (χ0n) is 10.8. The maximum Gasteiger partial charge on any atom is 0.255 e. The first-order valence-electron chi connectivity index (χ1n) is 5.86. The summed E-state index contributed by atoms with van der Waals surface area (Å²) in [6, 6.07) is 6.62. The second kappa shape index (κ2) is 6.01. The number of hydrogen-bond acceptors (Lipinski definition) is 4. The van der Waals surface area contributed by atoms with Gasteiger partial charge >= 0.3 is 0 Å². The summed E-state index contributed by atoms with van der Waals surface area (Å²) in [4.78, 5) is 15.8. The number of methoxy groups -OCH3 is 1. The van der Waals surface area contributed by atoms with E-state index in [9.17, 15) is 14.3 Å². The Hall–Kier alpha value is -2.63. The van der Waals surface area contributed by atoms with E-state index in [0.717, 1.165) is 23.8 Å². The number of aromatic nitrogens is 1. The van der Waals surface area contributed by atoms with Crippen molar-refractivity contribution in [2.45, 2.75) is 6.54 Å². The van der Waals surface area contributed by atoms with Crippen molar-refractivity contribution in [3.63, 3.8) is 0 Å². The largest absolute Gasteiger partial charge is 0.507 e. The fourth-order valence-corrected chi connectivity index (χ4v) is 1.60. The first kappa shape index (κ1) is 13.8. The Morgan fingerprint density at radius 3 is 2.85 bits per heavy atom. The van der Waals surface area contributed by atoms with Crippen molar-refractivity contribution < 1.29 is 19.0 Å². The van der Waals surface area contributed by atoms with Crippen LogP contribution in [0.15, 0.2) is 36.5 Å². The van der Waals surface area contributed by atoms with E-state index >= 15 is 0 Å². The van der Waals surface area contributed by atoms with E-state index in [2.05, 4.69) is 10.3 Å². The van der Waals surface area contributed by atoms with Crippen molar-refractivity contribution in [3.8, 4) is 11.6 Å². The topological polar surface area (TPSA) is 71.5 Å². The van der Waals surface area contributed by atoms with Gasteiger partial charge < -0.3 is 15.2 Å². The van der Waals surface area contributed by atoms with Crippen LogP contribution in [0, 0.1) is 5.82 Å². The number of nitrogens with one attached hydrogen (secondary N) is 1. The molecule has 0 atom stereocenters. The smallest absolute Gasteiger partial charge is 0.255 e. The summed E-state index contributed by atoms with van der Waals surface area (Å²) in [5.74, 6) is -0.934. The van der Waals surface area contributed by atoms with Crippen LogP contribution in [0.1, 0.15) is 15.9 Å². The number of benzene rings is 1. The van der Waals surface area contributed by atoms with Gasteiger partial charge in [0.1, 0.15) is 11.6 Å². The first-order valence-corrected chi connectivity index (χ1v) is 5.86. The van der Waals surface area contributed by atoms with E-state index in [4.69, 9.17) is 4.74 Å². The summed E-state index contributed by atoms with van der Waals surface area (Å²) < 4.78 is 18.0. The molecular formula is C14H13FN2O3. The third-order valence-electron chi connectivity index (χ3n) is 2.66. The predicted molar refractivity (Wildman–Crippen MR) is 70.0 cm³/mol. The van der Waals surface area contributed by atoms with Gasteiger partial charge in [0.2, 0.25) is 5.88 Å². The second-order valence-electron chi connectivity index (χ2n) is 4.05. The Labute approximate surface area is 115 Å². The summed E-state index contributed by atoms with van der Waals surface area (Å²) in [7, 11) is 1.51. The van der Waals surface area contributed by atoms with Crippen molar-refractivity contribution in [3.05, 3.63) is 53.5 Å². The van der Waals surface area contributed by atoms with Crippen LogP contribution in [-0.4, -0.2) is 23.1 Å². The molecule has 2 rings (SSSR count). The highest BCUT2D eigenvalue weighted by atomic mass is 19.1. The van der Waals surface area contributed by atoms with Gasteiger partial charge in [0.25, 0.3) is 5.91 Å². The number of aromatic hydroxyl groups is 1. The van der Waals surface area contributed by atoms with Gasteiger partial charge in [-0.25, -0.2) is 9.37 Å². The van der Waals surface area contributed by atoms with E-state index in [1.165, 1.54) is 7.11 Å². The fraction of sp³-hybridized carbons (Fsp3) is 0.143. The van der Waals surface area contributed by atoms with E-state index in [1.54, 1.807) is 18.3 Å². The molecule has 2 aromatic rings. The minimum Gasteiger partial charge on any atom is -0.507 e. The molecule has 0 aliphatic rings. The van der Waals surface area contributed by atoms with Gasteiger partial charge in [0.15, 0.2) is 0 Å². The molecule has 104 valence electrons. The van der Waals surface area contributed by atoms with Crippen LogP contribution in [0.4, 0.5) is 4.39 Å². The van der Waals surface area contributed by atoms with E-state index in [0.29, 0.717) is 5.88 Å². The van der Waals surface area contributed by atoms with Crippen LogP contribution in [-0.2, 0) is 6.54 Å². The number of carbonyl (C=O) groups is 1. The Morgan fingerprint density at radius 2 is 2.20 bits per heavy atom. The number of carbonyl (C=O) groups excluding carboxylic acids is 1. The highest BCUT2D eigenvalue weighted by molar-refractivity contribution is 5.96. The molecule has 0 radical (unpaired) electrons. The van der Waals surface area contributed by atoms with E-state index in [-0.39, 0.29) is 17.9 Å². The van der Waals surface area contributed by atoms with Crippen LogP contribution in [0.25, 0.3) is 0 Å². The third kappa shape index (κ3) is 3.23. The Bertz CT molecular complexity index is 614. The molecule has 2 N–H and O–H groups in total. The van der Waals surface area contributed by atoms with Crippen molar-refractivity contribution in [2.75, 3.05) is 7.11 Å². The highest BCUT2D eigenvalue weighted by Gasteiger charge is 2.11. The zero-order valence-corrected chi connectivity index (χ0v) is 10.8. The third-order valence-corrected chi connectivity index (χ3v) is 2.66. The fourth-order valence-electron chi connectivity index (χ4n) is 1.60. The normalized spacial score (nSPS) is 10.1. The minimum atomic E-state index is -0.584. The highest BCUT2D eigenvalue weighted by Crippen LogP contribution is 2.17. The molecule has 0 spiro atoms. The number of pyridine rings is 1. The van der Waals surface area contributed by atoms with Crippen LogP contribution < -0.4 is 10.1 Å². The molecule has 1 amide bonds. The standard InChI is InChI=1S/C14H13FN2O3/c1-20-13-5-2-9(7-16-13)8-17-14(19)11-6-10(15)3-4-12(11)18/h2-7,18H,8H2,1H3,(H,17,19). The average Bonchev–Trinajstić information content (AvgIpc) is 2.47. The van der Waals surface area contributed by atoms with Crippen molar-refractivity contribution in [2.24, 2.45) is 0 Å². The molecule has 0 saturated carbocycles. The Balaban J connectivity index is 2.02. The van der Waals surface area contributed by atoms with Crippen LogP contribution in [0.2, 0.25) is 0 Å². The van der Waals surface area contributed by atoms with Gasteiger partial charge in [-0.1, -0.05) is 6.07 Å². The van der Waals surface area contributed by atoms with E-state index < -0.39 is 11.7 Å². The summed E-state index contributed by atoms with van der Waals surface area (Å²) in [6.45, 7) is 0.214. The number of rotatable bonds is 4. The number of halogens is 1. The molecule has 1 aromatic carbocycles. The molecule has 0 unspecified atom stereocenters. The van der Waals surface area contributed by atoms with Gasteiger partial charge in [-0.3, -0.25) is 4.79 Å². The first-order chi connectivity index (χ1) is 9.60. The lowest BCUT2D eigenvalue weighted by Crippen LogP contribution is -2.23. The van der Waals surface area contributed by atoms with Crippen LogP contribution in [0.3, 0.4) is 0 Å². The molecule has 1 aromatic heterocycles. The summed E-state index contributed by atoms with van der Waals surface area (Å²) in [6.07, 6.45) is 1.56. The molecule has 6 heteroatoms. The van der Waals surface area contributed by atoms with Crippen molar-refractivity contribution in [1.82, 2.24) is 10.3 Å². The van der Waals surface area contributed by atoms with Gasteiger partial charge in [0, 0.05) is 18.8 Å². The number of ether oxygens (including phenoxy) is 1. The number of amides is 1. The Kier molecular flexibility index (Phi) is 4.14. The Morgan fingerprint density at radius 1 is 1.40 bits per heavy atom. The molecule has 0 bridgehead atoms. The number of phenols is 1. The summed E-state index contributed by atoms with van der Waals surface area (Å²) in [5, 5.41) is 12.1. The SMILES string of the molecule is COc1ccc(CNC(=O)c2cc(F)ccc2O)cn1. The molecule has 0 aliphatic carbocycles. The number of nitrogens with zero attached hydrogens (tertiary/aromatic N) is 1.